The van der Waals surface area contributed by atoms with Crippen molar-refractivity contribution in [2.24, 2.45) is 23.7 Å². The van der Waals surface area contributed by atoms with Crippen molar-refractivity contribution in [3.63, 3.8) is 0 Å². The number of rotatable bonds is 5. The number of carbonyl (C=O) groups is 4. The van der Waals surface area contributed by atoms with E-state index in [4.69, 9.17) is 4.74 Å². The van der Waals surface area contributed by atoms with Crippen molar-refractivity contribution in [2.45, 2.75) is 20.3 Å². The number of anilines is 1. The van der Waals surface area contributed by atoms with Crippen molar-refractivity contribution in [2.75, 3.05) is 18.5 Å². The molecule has 4 atom stereocenters. The topological polar surface area (TPSA) is 92.8 Å². The van der Waals surface area contributed by atoms with Gasteiger partial charge in [-0.05, 0) is 43.2 Å². The number of carbonyl (C=O) groups excluding carboxylic acids is 4. The molecule has 7 heteroatoms. The molecule has 1 N–H and O–H groups in total. The summed E-state index contributed by atoms with van der Waals surface area (Å²) in [6, 6.07) is 5.64. The number of aryl methyl sites for hydroxylation is 2. The molecule has 146 valence electrons. The Hall–Kier alpha value is -2.96. The minimum absolute atomic E-state index is 0.0931. The first-order valence-corrected chi connectivity index (χ1v) is 9.42. The van der Waals surface area contributed by atoms with Crippen LogP contribution < -0.4 is 5.32 Å². The molecule has 3 aliphatic rings. The van der Waals surface area contributed by atoms with E-state index in [1.54, 1.807) is 0 Å². The molecule has 2 fully saturated rings. The van der Waals surface area contributed by atoms with Crippen molar-refractivity contribution in [3.05, 3.63) is 41.5 Å². The van der Waals surface area contributed by atoms with Crippen LogP contribution in [0.3, 0.4) is 0 Å². The third kappa shape index (κ3) is 3.00. The highest BCUT2D eigenvalue weighted by molar-refractivity contribution is 6.08. The Morgan fingerprint density at radius 3 is 2.21 bits per heavy atom. The molecule has 4 rings (SSSR count). The summed E-state index contributed by atoms with van der Waals surface area (Å²) in [6.45, 7) is 2.83. The van der Waals surface area contributed by atoms with Crippen LogP contribution in [0.5, 0.6) is 0 Å². The van der Waals surface area contributed by atoms with E-state index in [-0.39, 0.29) is 35.5 Å². The van der Waals surface area contributed by atoms with E-state index in [2.05, 4.69) is 5.32 Å². The zero-order valence-electron chi connectivity index (χ0n) is 15.8. The van der Waals surface area contributed by atoms with Gasteiger partial charge in [0.1, 0.15) is 6.54 Å². The Bertz CT molecular complexity index is 856. The number of fused-ring (bicyclic) bond motifs is 5. The first-order chi connectivity index (χ1) is 13.4. The van der Waals surface area contributed by atoms with Crippen molar-refractivity contribution in [1.82, 2.24) is 4.90 Å². The maximum Gasteiger partial charge on any atom is 0.326 e. The molecule has 0 aromatic heterocycles. The molecule has 1 aromatic rings. The molecular weight excluding hydrogens is 360 g/mol. The van der Waals surface area contributed by atoms with Gasteiger partial charge < -0.3 is 10.1 Å². The van der Waals surface area contributed by atoms with Gasteiger partial charge in [0.15, 0.2) is 6.61 Å². The highest BCUT2D eigenvalue weighted by atomic mass is 16.5. The Morgan fingerprint density at radius 1 is 1.07 bits per heavy atom. The maximum absolute atomic E-state index is 12.6. The fraction of sp³-hybridized carbons (Fsp3) is 0.429. The van der Waals surface area contributed by atoms with E-state index in [0.29, 0.717) is 5.69 Å². The minimum atomic E-state index is -0.765. The number of ether oxygens (including phenoxy) is 1. The summed E-state index contributed by atoms with van der Waals surface area (Å²) >= 11 is 0. The number of likely N-dealkylation sites (tertiary alicyclic amines) is 1. The molecule has 0 spiro atoms. The van der Waals surface area contributed by atoms with Crippen LogP contribution in [0.15, 0.2) is 30.4 Å². The average molecular weight is 382 g/mol. The Kier molecular flexibility index (Phi) is 4.53. The van der Waals surface area contributed by atoms with Gasteiger partial charge in [-0.3, -0.25) is 24.1 Å². The van der Waals surface area contributed by atoms with E-state index < -0.39 is 25.0 Å². The third-order valence-corrected chi connectivity index (χ3v) is 5.96. The molecule has 1 aromatic carbocycles. The highest BCUT2D eigenvalue weighted by Gasteiger charge is 2.59. The number of nitrogens with zero attached hydrogens (tertiary/aromatic N) is 1. The second-order valence-electron chi connectivity index (χ2n) is 7.74. The van der Waals surface area contributed by atoms with Gasteiger partial charge in [0, 0.05) is 5.69 Å². The lowest BCUT2D eigenvalue weighted by Gasteiger charge is -2.16. The summed E-state index contributed by atoms with van der Waals surface area (Å²) in [5.41, 5.74) is 2.50. The number of benzene rings is 1. The normalized spacial score (nSPS) is 27.3. The number of para-hydroxylation sites is 1. The van der Waals surface area contributed by atoms with Gasteiger partial charge in [0.05, 0.1) is 11.8 Å². The summed E-state index contributed by atoms with van der Waals surface area (Å²) in [7, 11) is 0. The number of hydrogen-bond acceptors (Lipinski definition) is 5. The molecule has 2 bridgehead atoms. The monoisotopic (exact) mass is 382 g/mol. The average Bonchev–Trinajstić information content (AvgIpc) is 3.33. The van der Waals surface area contributed by atoms with Crippen LogP contribution in [0, 0.1) is 37.5 Å². The molecule has 1 heterocycles. The molecule has 1 saturated carbocycles. The van der Waals surface area contributed by atoms with E-state index >= 15 is 0 Å². The summed E-state index contributed by atoms with van der Waals surface area (Å²) in [6.07, 6.45) is 4.83. The van der Waals surface area contributed by atoms with Crippen molar-refractivity contribution >= 4 is 29.4 Å². The first-order valence-electron chi connectivity index (χ1n) is 9.42. The van der Waals surface area contributed by atoms with Crippen molar-refractivity contribution in [1.29, 1.82) is 0 Å². The van der Waals surface area contributed by atoms with Crippen LogP contribution in [0.1, 0.15) is 17.5 Å². The SMILES string of the molecule is Cc1cccc(C)c1NC(=O)COC(=O)CN1C(=O)[C@@H]2[C@@H](C1=O)[C@H]1C=C[C@@H]2C1. The number of hydrogen-bond donors (Lipinski definition) is 1. The number of esters is 1. The molecule has 1 aliphatic heterocycles. The van der Waals surface area contributed by atoms with Crippen LogP contribution in [-0.2, 0) is 23.9 Å². The molecule has 1 saturated heterocycles. The van der Waals surface area contributed by atoms with E-state index in [0.717, 1.165) is 22.4 Å². The van der Waals surface area contributed by atoms with E-state index in [1.165, 1.54) is 0 Å². The third-order valence-electron chi connectivity index (χ3n) is 5.96. The number of allylic oxidation sites excluding steroid dienone is 2. The summed E-state index contributed by atoms with van der Waals surface area (Å²) in [4.78, 5) is 50.3. The van der Waals surface area contributed by atoms with Gasteiger partial charge in [0.25, 0.3) is 5.91 Å². The quantitative estimate of drug-likeness (QED) is 0.474. The number of amides is 3. The second-order valence-corrected chi connectivity index (χ2v) is 7.74. The van der Waals surface area contributed by atoms with Crippen LogP contribution in [0.25, 0.3) is 0 Å². The molecule has 0 radical (unpaired) electrons. The van der Waals surface area contributed by atoms with E-state index in [1.807, 2.05) is 44.2 Å². The second kappa shape index (κ2) is 6.89. The predicted octanol–water partition coefficient (Wildman–Crippen LogP) is 1.59. The molecular formula is C21H22N2O5. The smallest absolute Gasteiger partial charge is 0.326 e. The van der Waals surface area contributed by atoms with Crippen LogP contribution in [-0.4, -0.2) is 41.7 Å². The Balaban J connectivity index is 1.31. The highest BCUT2D eigenvalue weighted by Crippen LogP contribution is 2.52. The summed E-state index contributed by atoms with van der Waals surface area (Å²) < 4.78 is 4.99. The van der Waals surface area contributed by atoms with Gasteiger partial charge in [-0.1, -0.05) is 30.4 Å². The van der Waals surface area contributed by atoms with E-state index in [9.17, 15) is 19.2 Å². The first kappa shape index (κ1) is 18.4. The lowest BCUT2D eigenvalue weighted by molar-refractivity contribution is -0.154. The van der Waals surface area contributed by atoms with Crippen molar-refractivity contribution < 1.29 is 23.9 Å². The lowest BCUT2D eigenvalue weighted by atomic mass is 9.85. The fourth-order valence-electron chi connectivity index (χ4n) is 4.63. The van der Waals surface area contributed by atoms with Gasteiger partial charge in [0.2, 0.25) is 11.8 Å². The van der Waals surface area contributed by atoms with Gasteiger partial charge in [-0.25, -0.2) is 0 Å². The van der Waals surface area contributed by atoms with Crippen molar-refractivity contribution in [3.8, 4) is 0 Å². The fourth-order valence-corrected chi connectivity index (χ4v) is 4.63. The number of imide groups is 1. The predicted molar refractivity (Wildman–Crippen MR) is 99.9 cm³/mol. The zero-order valence-corrected chi connectivity index (χ0v) is 15.8. The molecule has 2 aliphatic carbocycles. The summed E-state index contributed by atoms with van der Waals surface area (Å²) in [5.74, 6) is -2.34. The summed E-state index contributed by atoms with van der Waals surface area (Å²) in [5, 5.41) is 2.73. The minimum Gasteiger partial charge on any atom is -0.454 e. The maximum atomic E-state index is 12.6. The number of nitrogens with one attached hydrogen (secondary N) is 1. The molecule has 0 unspecified atom stereocenters. The molecule has 7 nitrogen and oxygen atoms in total. The lowest BCUT2D eigenvalue weighted by Crippen LogP contribution is -2.38. The molecule has 3 amide bonds. The Labute approximate surface area is 162 Å². The Morgan fingerprint density at radius 2 is 1.64 bits per heavy atom. The van der Waals surface area contributed by atoms with Crippen LogP contribution in [0.2, 0.25) is 0 Å². The van der Waals surface area contributed by atoms with Crippen LogP contribution in [0.4, 0.5) is 5.69 Å². The van der Waals surface area contributed by atoms with Crippen LogP contribution >= 0.6 is 0 Å². The largest absolute Gasteiger partial charge is 0.454 e. The molecule has 28 heavy (non-hydrogen) atoms. The standard InChI is InChI=1S/C21H22N2O5/c1-11-4-3-5-12(2)19(11)22-15(24)10-28-16(25)9-23-20(26)17-13-6-7-14(8-13)18(17)21(23)27/h3-7,13-14,17-18H,8-10H2,1-2H3,(H,22,24)/t13-,14+,17-,18-/m0/s1. The van der Waals surface area contributed by atoms with Gasteiger partial charge >= 0.3 is 5.97 Å². The zero-order chi connectivity index (χ0) is 20.0. The van der Waals surface area contributed by atoms with Gasteiger partial charge in [-0.2, -0.15) is 0 Å². The van der Waals surface area contributed by atoms with Gasteiger partial charge in [-0.15, -0.1) is 0 Å².